The zero-order valence-corrected chi connectivity index (χ0v) is 12.7. The molecular weight excluding hydrogens is 222 g/mol. The highest BCUT2D eigenvalue weighted by molar-refractivity contribution is 5.07. The van der Waals surface area contributed by atoms with Crippen LogP contribution in [-0.4, -0.2) is 55.1 Å². The number of hydrogen-bond donors (Lipinski definition) is 1. The fraction of sp³-hybridized carbons (Fsp3) is 1.00. The van der Waals surface area contributed by atoms with E-state index in [4.69, 9.17) is 5.73 Å². The van der Waals surface area contributed by atoms with Gasteiger partial charge in [0.25, 0.3) is 0 Å². The molecule has 1 aliphatic carbocycles. The summed E-state index contributed by atoms with van der Waals surface area (Å²) in [6.07, 6.45) is 6.61. The Morgan fingerprint density at radius 1 is 1.28 bits per heavy atom. The molecular formula is C15H31N3. The summed E-state index contributed by atoms with van der Waals surface area (Å²) in [5.41, 5.74) is 6.77. The zero-order valence-electron chi connectivity index (χ0n) is 12.7. The fourth-order valence-corrected chi connectivity index (χ4v) is 4.34. The van der Waals surface area contributed by atoms with Crippen molar-refractivity contribution in [1.82, 2.24) is 9.80 Å². The van der Waals surface area contributed by atoms with Crippen molar-refractivity contribution in [2.45, 2.75) is 57.5 Å². The van der Waals surface area contributed by atoms with E-state index in [2.05, 4.69) is 37.7 Å². The Balaban J connectivity index is 2.08. The maximum atomic E-state index is 6.20. The van der Waals surface area contributed by atoms with Gasteiger partial charge in [-0.1, -0.05) is 20.3 Å². The zero-order chi connectivity index (χ0) is 13.4. The summed E-state index contributed by atoms with van der Waals surface area (Å²) in [5.74, 6) is 0. The van der Waals surface area contributed by atoms with E-state index in [0.29, 0.717) is 5.41 Å². The molecule has 2 fully saturated rings. The first-order valence-corrected chi connectivity index (χ1v) is 7.54. The molecule has 1 heterocycles. The van der Waals surface area contributed by atoms with E-state index in [-0.39, 0.29) is 5.54 Å². The number of hydrogen-bond acceptors (Lipinski definition) is 3. The van der Waals surface area contributed by atoms with Crippen LogP contribution >= 0.6 is 0 Å². The second-order valence-electron chi connectivity index (χ2n) is 7.13. The van der Waals surface area contributed by atoms with Gasteiger partial charge in [0, 0.05) is 24.7 Å². The second kappa shape index (κ2) is 5.10. The number of nitrogens with zero attached hydrogens (tertiary/aromatic N) is 2. The predicted molar refractivity (Wildman–Crippen MR) is 77.7 cm³/mol. The molecule has 0 radical (unpaired) electrons. The summed E-state index contributed by atoms with van der Waals surface area (Å²) in [7, 11) is 4.56. The van der Waals surface area contributed by atoms with Crippen LogP contribution < -0.4 is 5.73 Å². The van der Waals surface area contributed by atoms with E-state index in [9.17, 15) is 0 Å². The lowest BCUT2D eigenvalue weighted by Crippen LogP contribution is -2.60. The highest BCUT2D eigenvalue weighted by Crippen LogP contribution is 2.48. The van der Waals surface area contributed by atoms with Gasteiger partial charge < -0.3 is 10.6 Å². The van der Waals surface area contributed by atoms with Crippen molar-refractivity contribution in [3.63, 3.8) is 0 Å². The molecule has 1 saturated carbocycles. The van der Waals surface area contributed by atoms with Crippen LogP contribution in [0.4, 0.5) is 0 Å². The third-order valence-electron chi connectivity index (χ3n) is 5.88. The number of likely N-dealkylation sites (tertiary alicyclic amines) is 1. The van der Waals surface area contributed by atoms with Crippen molar-refractivity contribution >= 4 is 0 Å². The third-order valence-corrected chi connectivity index (χ3v) is 5.88. The molecule has 1 saturated heterocycles. The van der Waals surface area contributed by atoms with Gasteiger partial charge in [-0.15, -0.1) is 0 Å². The van der Waals surface area contributed by atoms with Crippen LogP contribution in [0.3, 0.4) is 0 Å². The van der Waals surface area contributed by atoms with E-state index < -0.39 is 0 Å². The Bertz CT molecular complexity index is 289. The monoisotopic (exact) mass is 253 g/mol. The van der Waals surface area contributed by atoms with Gasteiger partial charge in [-0.25, -0.2) is 0 Å². The van der Waals surface area contributed by atoms with Gasteiger partial charge in [0.05, 0.1) is 0 Å². The Labute approximate surface area is 113 Å². The molecule has 2 unspecified atom stereocenters. The first kappa shape index (κ1) is 14.3. The van der Waals surface area contributed by atoms with E-state index in [0.717, 1.165) is 12.6 Å². The summed E-state index contributed by atoms with van der Waals surface area (Å²) in [6.45, 7) is 8.05. The molecule has 106 valence electrons. The molecule has 1 aliphatic heterocycles. The van der Waals surface area contributed by atoms with Crippen molar-refractivity contribution in [3.05, 3.63) is 0 Å². The summed E-state index contributed by atoms with van der Waals surface area (Å²) in [5, 5.41) is 0. The average Bonchev–Trinajstić information content (AvgIpc) is 2.83. The standard InChI is InChI=1S/C15H31N3/c1-14(2)8-6-9-15(14,12-16)18(4)11-13-7-5-10-17(13)3/h13H,5-12,16H2,1-4H3. The first-order chi connectivity index (χ1) is 8.43. The molecule has 0 aromatic carbocycles. The Kier molecular flexibility index (Phi) is 4.05. The molecule has 2 N–H and O–H groups in total. The van der Waals surface area contributed by atoms with Gasteiger partial charge in [-0.2, -0.15) is 0 Å². The maximum absolute atomic E-state index is 6.20. The van der Waals surface area contributed by atoms with Gasteiger partial charge in [-0.05, 0) is 51.7 Å². The quantitative estimate of drug-likeness (QED) is 0.831. The van der Waals surface area contributed by atoms with Gasteiger partial charge in [0.1, 0.15) is 0 Å². The minimum atomic E-state index is 0.219. The van der Waals surface area contributed by atoms with E-state index >= 15 is 0 Å². The molecule has 2 rings (SSSR count). The van der Waals surface area contributed by atoms with Crippen molar-refractivity contribution in [3.8, 4) is 0 Å². The molecule has 18 heavy (non-hydrogen) atoms. The van der Waals surface area contributed by atoms with Gasteiger partial charge in [-0.3, -0.25) is 4.90 Å². The lowest BCUT2D eigenvalue weighted by atomic mass is 9.73. The lowest BCUT2D eigenvalue weighted by Gasteiger charge is -2.49. The molecule has 3 nitrogen and oxygen atoms in total. The van der Waals surface area contributed by atoms with Crippen LogP contribution in [-0.2, 0) is 0 Å². The molecule has 2 atom stereocenters. The Morgan fingerprint density at radius 2 is 2.00 bits per heavy atom. The minimum absolute atomic E-state index is 0.219. The van der Waals surface area contributed by atoms with Crippen LogP contribution in [0, 0.1) is 5.41 Å². The SMILES string of the molecule is CN1CCCC1CN(C)C1(CN)CCCC1(C)C. The van der Waals surface area contributed by atoms with E-state index in [1.165, 1.54) is 45.2 Å². The smallest absolute Gasteiger partial charge is 0.0380 e. The summed E-state index contributed by atoms with van der Waals surface area (Å²) >= 11 is 0. The number of likely N-dealkylation sites (N-methyl/N-ethyl adjacent to an activating group) is 2. The lowest BCUT2D eigenvalue weighted by molar-refractivity contribution is 0.0194. The molecule has 0 aromatic rings. The molecule has 0 bridgehead atoms. The highest BCUT2D eigenvalue weighted by Gasteiger charge is 2.50. The fourth-order valence-electron chi connectivity index (χ4n) is 4.34. The van der Waals surface area contributed by atoms with Gasteiger partial charge in [0.2, 0.25) is 0 Å². The largest absolute Gasteiger partial charge is 0.329 e. The summed E-state index contributed by atoms with van der Waals surface area (Å²) < 4.78 is 0. The maximum Gasteiger partial charge on any atom is 0.0380 e. The number of rotatable bonds is 4. The van der Waals surface area contributed by atoms with E-state index in [1.807, 2.05) is 0 Å². The van der Waals surface area contributed by atoms with Crippen molar-refractivity contribution < 1.29 is 0 Å². The van der Waals surface area contributed by atoms with Crippen LogP contribution in [0.2, 0.25) is 0 Å². The Morgan fingerprint density at radius 3 is 2.44 bits per heavy atom. The van der Waals surface area contributed by atoms with Crippen molar-refractivity contribution in [2.75, 3.05) is 33.7 Å². The van der Waals surface area contributed by atoms with Crippen LogP contribution in [0.15, 0.2) is 0 Å². The molecule has 0 spiro atoms. The molecule has 0 aromatic heterocycles. The van der Waals surface area contributed by atoms with Crippen LogP contribution in [0.5, 0.6) is 0 Å². The molecule has 3 heteroatoms. The predicted octanol–water partition coefficient (Wildman–Crippen LogP) is 1.92. The van der Waals surface area contributed by atoms with Crippen LogP contribution in [0.1, 0.15) is 46.0 Å². The average molecular weight is 253 g/mol. The Hall–Kier alpha value is -0.120. The second-order valence-corrected chi connectivity index (χ2v) is 7.13. The first-order valence-electron chi connectivity index (χ1n) is 7.54. The van der Waals surface area contributed by atoms with Crippen molar-refractivity contribution in [2.24, 2.45) is 11.1 Å². The third kappa shape index (κ3) is 2.21. The highest BCUT2D eigenvalue weighted by atomic mass is 15.3. The van der Waals surface area contributed by atoms with Crippen molar-refractivity contribution in [1.29, 1.82) is 0 Å². The summed E-state index contributed by atoms with van der Waals surface area (Å²) in [4.78, 5) is 5.11. The number of nitrogens with two attached hydrogens (primary N) is 1. The normalized spacial score (nSPS) is 36.7. The molecule has 0 amide bonds. The molecule has 2 aliphatic rings. The minimum Gasteiger partial charge on any atom is -0.329 e. The van der Waals surface area contributed by atoms with E-state index in [1.54, 1.807) is 0 Å². The van der Waals surface area contributed by atoms with Gasteiger partial charge in [0.15, 0.2) is 0 Å². The van der Waals surface area contributed by atoms with Gasteiger partial charge >= 0.3 is 0 Å². The summed E-state index contributed by atoms with van der Waals surface area (Å²) in [6, 6.07) is 0.731. The van der Waals surface area contributed by atoms with Crippen LogP contribution in [0.25, 0.3) is 0 Å². The topological polar surface area (TPSA) is 32.5 Å².